The second kappa shape index (κ2) is 24.6. The molecule has 0 aliphatic heterocycles. The fraction of sp³-hybridized carbons (Fsp3) is 0.714. The Morgan fingerprint density at radius 2 is 1.67 bits per heavy atom. The zero-order valence-corrected chi connectivity index (χ0v) is 12.1. The normalized spacial score (nSPS) is 9.11. The Morgan fingerprint density at radius 1 is 1.17 bits per heavy atom. The van der Waals surface area contributed by atoms with Crippen molar-refractivity contribution in [2.45, 2.75) is 47.0 Å². The van der Waals surface area contributed by atoms with Crippen LogP contribution in [0.4, 0.5) is 0 Å². The third-order valence-electron chi connectivity index (χ3n) is 1.65. The summed E-state index contributed by atoms with van der Waals surface area (Å²) in [4.78, 5) is 25.7. The molecular formula is C14H26N2O2. The molecular weight excluding hydrogens is 228 g/mol. The van der Waals surface area contributed by atoms with Gasteiger partial charge in [0.1, 0.15) is 0 Å². The number of isocyanates is 2. The largest absolute Gasteiger partial charge is 0.234 e. The van der Waals surface area contributed by atoms with Gasteiger partial charge in [-0.2, -0.15) is 0 Å². The maximum atomic E-state index is 9.62. The van der Waals surface area contributed by atoms with Crippen LogP contribution in [0.5, 0.6) is 0 Å². The first-order valence-corrected chi connectivity index (χ1v) is 6.28. The van der Waals surface area contributed by atoms with Gasteiger partial charge in [0.15, 0.2) is 0 Å². The van der Waals surface area contributed by atoms with Crippen LogP contribution in [0.2, 0.25) is 0 Å². The lowest BCUT2D eigenvalue weighted by Crippen LogP contribution is -1.97. The smallest absolute Gasteiger partial charge is 0.211 e. The summed E-state index contributed by atoms with van der Waals surface area (Å²) in [6, 6.07) is 0. The highest BCUT2D eigenvalue weighted by Crippen LogP contribution is 2.03. The molecule has 0 amide bonds. The molecule has 4 nitrogen and oxygen atoms in total. The summed E-state index contributed by atoms with van der Waals surface area (Å²) in [5, 5.41) is 0. The quantitative estimate of drug-likeness (QED) is 0.412. The number of hydrogen-bond donors (Lipinski definition) is 0. The van der Waals surface area contributed by atoms with Crippen LogP contribution >= 0.6 is 0 Å². The number of aliphatic imine (C=N–C) groups is 2. The van der Waals surface area contributed by atoms with Crippen LogP contribution in [0.25, 0.3) is 0 Å². The second-order valence-corrected chi connectivity index (χ2v) is 3.71. The second-order valence-electron chi connectivity index (χ2n) is 3.71. The summed E-state index contributed by atoms with van der Waals surface area (Å²) in [6.45, 7) is 12.7. The van der Waals surface area contributed by atoms with E-state index in [9.17, 15) is 9.59 Å². The Hall–Kier alpha value is -1.50. The van der Waals surface area contributed by atoms with Gasteiger partial charge in [0.2, 0.25) is 12.2 Å². The van der Waals surface area contributed by atoms with Crippen molar-refractivity contribution in [2.24, 2.45) is 15.9 Å². The molecule has 0 aliphatic rings. The molecule has 0 N–H and O–H groups in total. The summed E-state index contributed by atoms with van der Waals surface area (Å²) < 4.78 is 0. The lowest BCUT2D eigenvalue weighted by Gasteiger charge is -2.02. The minimum Gasteiger partial charge on any atom is -0.211 e. The molecule has 0 aromatic rings. The van der Waals surface area contributed by atoms with E-state index in [0.717, 1.165) is 19.3 Å². The van der Waals surface area contributed by atoms with Gasteiger partial charge in [0.05, 0.1) is 13.1 Å². The summed E-state index contributed by atoms with van der Waals surface area (Å²) in [6.07, 6.45) is 7.96. The van der Waals surface area contributed by atoms with Crippen molar-refractivity contribution in [3.8, 4) is 0 Å². The van der Waals surface area contributed by atoms with Gasteiger partial charge >= 0.3 is 0 Å². The molecule has 0 radical (unpaired) electrons. The molecule has 0 bridgehead atoms. The van der Waals surface area contributed by atoms with E-state index in [1.54, 1.807) is 6.08 Å². The van der Waals surface area contributed by atoms with Crippen molar-refractivity contribution in [1.29, 1.82) is 0 Å². The molecule has 18 heavy (non-hydrogen) atoms. The third-order valence-corrected chi connectivity index (χ3v) is 1.65. The van der Waals surface area contributed by atoms with Gasteiger partial charge in [-0.15, -0.1) is 6.58 Å². The minimum absolute atomic E-state index is 0.538. The third kappa shape index (κ3) is 36.6. The Labute approximate surface area is 111 Å². The van der Waals surface area contributed by atoms with Crippen molar-refractivity contribution >= 4 is 12.2 Å². The highest BCUT2D eigenvalue weighted by Gasteiger charge is 1.96. The van der Waals surface area contributed by atoms with E-state index >= 15 is 0 Å². The fourth-order valence-electron chi connectivity index (χ4n) is 0.935. The molecule has 0 rings (SSSR count). The van der Waals surface area contributed by atoms with Crippen molar-refractivity contribution in [3.63, 3.8) is 0 Å². The predicted octanol–water partition coefficient (Wildman–Crippen LogP) is 3.68. The van der Waals surface area contributed by atoms with E-state index in [1.807, 2.05) is 13.8 Å². The van der Waals surface area contributed by atoms with Crippen molar-refractivity contribution in [3.05, 3.63) is 12.7 Å². The van der Waals surface area contributed by atoms with Crippen LogP contribution in [0.3, 0.4) is 0 Å². The van der Waals surface area contributed by atoms with Gasteiger partial charge in [-0.3, -0.25) is 0 Å². The van der Waals surface area contributed by atoms with Crippen molar-refractivity contribution in [1.82, 2.24) is 0 Å². The van der Waals surface area contributed by atoms with Crippen molar-refractivity contribution in [2.75, 3.05) is 13.1 Å². The fourth-order valence-corrected chi connectivity index (χ4v) is 0.935. The first-order chi connectivity index (χ1) is 8.64. The summed E-state index contributed by atoms with van der Waals surface area (Å²) in [7, 11) is 0. The number of allylic oxidation sites excluding steroid dienone is 1. The van der Waals surface area contributed by atoms with E-state index in [2.05, 4.69) is 30.4 Å². The molecule has 0 heterocycles. The SMILES string of the molecule is C=CC.CCCC(C)CN=C=O.CCCN=C=O. The molecule has 0 saturated carbocycles. The van der Waals surface area contributed by atoms with Crippen LogP contribution < -0.4 is 0 Å². The van der Waals surface area contributed by atoms with Crippen LogP contribution in [0.1, 0.15) is 47.0 Å². The maximum absolute atomic E-state index is 9.62. The van der Waals surface area contributed by atoms with Crippen molar-refractivity contribution < 1.29 is 9.59 Å². The summed E-state index contributed by atoms with van der Waals surface area (Å²) in [5.41, 5.74) is 0. The molecule has 0 saturated heterocycles. The van der Waals surface area contributed by atoms with Gasteiger partial charge in [-0.25, -0.2) is 19.6 Å². The number of nitrogens with zero attached hydrogens (tertiary/aromatic N) is 2. The Bertz CT molecular complexity index is 253. The summed E-state index contributed by atoms with van der Waals surface area (Å²) >= 11 is 0. The lowest BCUT2D eigenvalue weighted by molar-refractivity contribution is 0.526. The number of carbonyl (C=O) groups excluding carboxylic acids is 2. The highest BCUT2D eigenvalue weighted by atomic mass is 16.1. The van der Waals surface area contributed by atoms with E-state index < -0.39 is 0 Å². The highest BCUT2D eigenvalue weighted by molar-refractivity contribution is 5.32. The lowest BCUT2D eigenvalue weighted by atomic mass is 10.1. The monoisotopic (exact) mass is 254 g/mol. The summed E-state index contributed by atoms with van der Waals surface area (Å²) in [5.74, 6) is 0.538. The molecule has 104 valence electrons. The molecule has 0 aliphatic carbocycles. The topological polar surface area (TPSA) is 58.9 Å². The Kier molecular flexibility index (Phi) is 29.8. The van der Waals surface area contributed by atoms with Gasteiger partial charge in [-0.1, -0.05) is 33.3 Å². The first kappa shape index (κ1) is 21.8. The van der Waals surface area contributed by atoms with Gasteiger partial charge < -0.3 is 0 Å². The van der Waals surface area contributed by atoms with E-state index in [0.29, 0.717) is 19.0 Å². The Morgan fingerprint density at radius 3 is 1.94 bits per heavy atom. The van der Waals surface area contributed by atoms with Gasteiger partial charge in [-0.05, 0) is 25.7 Å². The van der Waals surface area contributed by atoms with Crippen LogP contribution in [-0.4, -0.2) is 25.2 Å². The standard InChI is InChI=1S/C7H13NO.C4H7NO.C3H6/c1-3-4-7(2)5-8-6-9;1-2-3-5-4-6;1-3-2/h7H,3-5H2,1-2H3;2-3H2,1H3;3H,1H2,2H3. The predicted molar refractivity (Wildman–Crippen MR) is 76.2 cm³/mol. The zero-order valence-electron chi connectivity index (χ0n) is 12.1. The van der Waals surface area contributed by atoms with E-state index in [1.165, 1.54) is 12.2 Å². The first-order valence-electron chi connectivity index (χ1n) is 6.28. The molecule has 1 unspecified atom stereocenters. The average molecular weight is 254 g/mol. The van der Waals surface area contributed by atoms with E-state index in [-0.39, 0.29) is 0 Å². The van der Waals surface area contributed by atoms with Gasteiger partial charge in [0.25, 0.3) is 0 Å². The maximum Gasteiger partial charge on any atom is 0.234 e. The number of hydrogen-bond acceptors (Lipinski definition) is 4. The minimum atomic E-state index is 0.538. The van der Waals surface area contributed by atoms with Crippen LogP contribution in [0, 0.1) is 5.92 Å². The molecule has 0 aromatic carbocycles. The average Bonchev–Trinajstić information content (AvgIpc) is 2.36. The van der Waals surface area contributed by atoms with Crippen LogP contribution in [-0.2, 0) is 9.59 Å². The molecule has 1 atom stereocenters. The molecule has 0 aromatic heterocycles. The van der Waals surface area contributed by atoms with Gasteiger partial charge in [0, 0.05) is 0 Å². The molecule has 0 fully saturated rings. The number of rotatable bonds is 6. The van der Waals surface area contributed by atoms with Crippen LogP contribution in [0.15, 0.2) is 22.6 Å². The molecule has 4 heteroatoms. The zero-order chi connectivity index (χ0) is 14.6. The molecule has 0 spiro atoms. The van der Waals surface area contributed by atoms with E-state index in [4.69, 9.17) is 0 Å². The Balaban J connectivity index is -0.000000216.